The lowest BCUT2D eigenvalue weighted by molar-refractivity contribution is 0.0495. The van der Waals surface area contributed by atoms with Crippen LogP contribution >= 0.6 is 0 Å². The summed E-state index contributed by atoms with van der Waals surface area (Å²) < 4.78 is 37.8. The molecule has 1 aromatic heterocycles. The molecule has 1 saturated carbocycles. The first-order chi connectivity index (χ1) is 14.2. The molecule has 0 unspecified atom stereocenters. The van der Waals surface area contributed by atoms with Crippen LogP contribution in [0.4, 0.5) is 5.69 Å². The first kappa shape index (κ1) is 22.0. The summed E-state index contributed by atoms with van der Waals surface area (Å²) in [6.07, 6.45) is 10.4. The van der Waals surface area contributed by atoms with E-state index in [0.717, 1.165) is 42.7 Å². The lowest BCUT2D eigenvalue weighted by Gasteiger charge is -2.37. The molecular formula is C21H26N2O6S. The van der Waals surface area contributed by atoms with Gasteiger partial charge in [0, 0.05) is 29.2 Å². The number of nitrogens with one attached hydrogen (secondary N) is 1. The molecular weight excluding hydrogens is 408 g/mol. The third kappa shape index (κ3) is 5.48. The molecule has 0 radical (unpaired) electrons. The molecule has 2 N–H and O–H groups in total. The fraction of sp³-hybridized carbons (Fsp3) is 0.429. The van der Waals surface area contributed by atoms with Gasteiger partial charge in [-0.3, -0.25) is 14.3 Å². The number of carbonyl (C=O) groups excluding carboxylic acids is 1. The third-order valence-electron chi connectivity index (χ3n) is 5.29. The molecule has 1 aliphatic heterocycles. The molecule has 1 amide bonds. The zero-order chi connectivity index (χ0) is 21.8. The summed E-state index contributed by atoms with van der Waals surface area (Å²) in [5.74, 6) is 1.33. The van der Waals surface area contributed by atoms with Crippen molar-refractivity contribution in [1.29, 1.82) is 0 Å². The van der Waals surface area contributed by atoms with Gasteiger partial charge in [0.1, 0.15) is 5.60 Å². The van der Waals surface area contributed by atoms with Gasteiger partial charge in [0.15, 0.2) is 11.5 Å². The highest BCUT2D eigenvalue weighted by molar-refractivity contribution is 7.85. The summed E-state index contributed by atoms with van der Waals surface area (Å²) in [4.78, 5) is 16.7. The minimum atomic E-state index is -3.67. The number of amides is 1. The molecule has 2 heterocycles. The van der Waals surface area contributed by atoms with Gasteiger partial charge in [0.2, 0.25) is 0 Å². The van der Waals surface area contributed by atoms with Gasteiger partial charge in [-0.05, 0) is 62.8 Å². The molecule has 4 rings (SSSR count). The van der Waals surface area contributed by atoms with E-state index in [-0.39, 0.29) is 11.5 Å². The molecule has 0 saturated heterocycles. The topological polar surface area (TPSA) is 115 Å². The van der Waals surface area contributed by atoms with E-state index in [1.54, 1.807) is 31.6 Å². The van der Waals surface area contributed by atoms with Gasteiger partial charge in [-0.25, -0.2) is 0 Å². The second-order valence-electron chi connectivity index (χ2n) is 7.54. The summed E-state index contributed by atoms with van der Waals surface area (Å²) in [5.41, 5.74) is 2.26. The summed E-state index contributed by atoms with van der Waals surface area (Å²) in [6.45, 7) is 0. The molecule has 0 bridgehead atoms. The molecule has 2 aliphatic rings. The van der Waals surface area contributed by atoms with Crippen LogP contribution in [0.25, 0.3) is 0 Å². The molecule has 8 nitrogen and oxygen atoms in total. The SMILES string of the molecule is COc1ccc(C(=O)Nc2ccncc2)c2c1OC1(CCCC1)CC2.CS(=O)(=O)O. The van der Waals surface area contributed by atoms with Crippen LogP contribution < -0.4 is 14.8 Å². The van der Waals surface area contributed by atoms with Gasteiger partial charge >= 0.3 is 0 Å². The van der Waals surface area contributed by atoms with Crippen molar-refractivity contribution in [3.05, 3.63) is 47.8 Å². The number of nitrogens with zero attached hydrogens (tertiary/aromatic N) is 1. The minimum Gasteiger partial charge on any atom is -0.493 e. The predicted molar refractivity (Wildman–Crippen MR) is 113 cm³/mol. The Kier molecular flexibility index (Phi) is 6.62. The molecule has 2 aromatic rings. The molecule has 9 heteroatoms. The Morgan fingerprint density at radius 3 is 2.40 bits per heavy atom. The smallest absolute Gasteiger partial charge is 0.261 e. The summed E-state index contributed by atoms with van der Waals surface area (Å²) in [5, 5.41) is 2.93. The van der Waals surface area contributed by atoms with Gasteiger partial charge < -0.3 is 14.8 Å². The zero-order valence-corrected chi connectivity index (χ0v) is 17.9. The molecule has 1 spiro atoms. The Hall–Kier alpha value is -2.65. The summed E-state index contributed by atoms with van der Waals surface area (Å²) in [7, 11) is -2.02. The van der Waals surface area contributed by atoms with E-state index in [1.807, 2.05) is 12.1 Å². The lowest BCUT2D eigenvalue weighted by Crippen LogP contribution is -2.37. The van der Waals surface area contributed by atoms with Crippen molar-refractivity contribution in [3.63, 3.8) is 0 Å². The van der Waals surface area contributed by atoms with Gasteiger partial charge in [-0.2, -0.15) is 8.42 Å². The number of ether oxygens (including phenoxy) is 2. The van der Waals surface area contributed by atoms with E-state index in [4.69, 9.17) is 14.0 Å². The Morgan fingerprint density at radius 2 is 1.80 bits per heavy atom. The Balaban J connectivity index is 0.000000461. The number of rotatable bonds is 3. The van der Waals surface area contributed by atoms with Crippen molar-refractivity contribution in [1.82, 2.24) is 4.98 Å². The maximum absolute atomic E-state index is 12.8. The quantitative estimate of drug-likeness (QED) is 0.711. The van der Waals surface area contributed by atoms with E-state index in [0.29, 0.717) is 17.6 Å². The first-order valence-corrected chi connectivity index (χ1v) is 11.6. The van der Waals surface area contributed by atoms with Crippen molar-refractivity contribution < 1.29 is 27.2 Å². The Bertz CT molecular complexity index is 994. The van der Waals surface area contributed by atoms with Gasteiger partial charge in [-0.1, -0.05) is 0 Å². The largest absolute Gasteiger partial charge is 0.493 e. The number of anilines is 1. The molecule has 30 heavy (non-hydrogen) atoms. The number of carbonyl (C=O) groups is 1. The average Bonchev–Trinajstić information content (AvgIpc) is 3.14. The number of aromatic nitrogens is 1. The molecule has 1 aliphatic carbocycles. The summed E-state index contributed by atoms with van der Waals surface area (Å²) >= 11 is 0. The van der Waals surface area contributed by atoms with Crippen LogP contribution in [0.1, 0.15) is 48.0 Å². The van der Waals surface area contributed by atoms with Crippen LogP contribution in [0.2, 0.25) is 0 Å². The Morgan fingerprint density at radius 1 is 1.17 bits per heavy atom. The normalized spacial score (nSPS) is 16.6. The molecule has 1 fully saturated rings. The second-order valence-corrected chi connectivity index (χ2v) is 9.00. The molecule has 0 atom stereocenters. The van der Waals surface area contributed by atoms with Crippen molar-refractivity contribution >= 4 is 21.7 Å². The summed E-state index contributed by atoms with van der Waals surface area (Å²) in [6, 6.07) is 7.20. The first-order valence-electron chi connectivity index (χ1n) is 9.73. The predicted octanol–water partition coefficient (Wildman–Crippen LogP) is 3.48. The van der Waals surface area contributed by atoms with E-state index < -0.39 is 10.1 Å². The van der Waals surface area contributed by atoms with Crippen LogP contribution in [-0.2, 0) is 16.5 Å². The molecule has 1 aromatic carbocycles. The molecule has 162 valence electrons. The van der Waals surface area contributed by atoms with Gasteiger partial charge in [0.05, 0.1) is 13.4 Å². The third-order valence-corrected chi connectivity index (χ3v) is 5.29. The van der Waals surface area contributed by atoms with Gasteiger partial charge in [-0.15, -0.1) is 0 Å². The number of hydrogen-bond acceptors (Lipinski definition) is 6. The maximum atomic E-state index is 12.8. The highest BCUT2D eigenvalue weighted by Crippen LogP contribution is 2.47. The van der Waals surface area contributed by atoms with Crippen molar-refractivity contribution in [2.75, 3.05) is 18.7 Å². The van der Waals surface area contributed by atoms with Crippen molar-refractivity contribution in [2.24, 2.45) is 0 Å². The highest BCUT2D eigenvalue weighted by atomic mass is 32.2. The number of hydrogen-bond donors (Lipinski definition) is 2. The lowest BCUT2D eigenvalue weighted by atomic mass is 9.87. The van der Waals surface area contributed by atoms with E-state index in [9.17, 15) is 13.2 Å². The van der Waals surface area contributed by atoms with Crippen LogP contribution in [0.15, 0.2) is 36.7 Å². The highest BCUT2D eigenvalue weighted by Gasteiger charge is 2.41. The van der Waals surface area contributed by atoms with Crippen molar-refractivity contribution in [3.8, 4) is 11.5 Å². The van der Waals surface area contributed by atoms with Crippen LogP contribution in [-0.4, -0.2) is 42.8 Å². The van der Waals surface area contributed by atoms with Crippen LogP contribution in [0.5, 0.6) is 11.5 Å². The van der Waals surface area contributed by atoms with Crippen LogP contribution in [0.3, 0.4) is 0 Å². The van der Waals surface area contributed by atoms with Crippen molar-refractivity contribution in [2.45, 2.75) is 44.1 Å². The second kappa shape index (κ2) is 9.01. The fourth-order valence-corrected chi connectivity index (χ4v) is 3.97. The average molecular weight is 435 g/mol. The van der Waals surface area contributed by atoms with E-state index in [2.05, 4.69) is 10.3 Å². The van der Waals surface area contributed by atoms with E-state index >= 15 is 0 Å². The number of benzene rings is 1. The number of methoxy groups -OCH3 is 1. The van der Waals surface area contributed by atoms with E-state index in [1.165, 1.54) is 12.8 Å². The minimum absolute atomic E-state index is 0.0690. The number of pyridine rings is 1. The fourth-order valence-electron chi connectivity index (χ4n) is 3.97. The standard InChI is InChI=1S/C20H22N2O3.CH4O3S/c1-24-17-5-4-16(19(23)22-14-7-12-21-13-8-14)15-6-11-20(25-18(15)17)9-2-3-10-20;1-5(2,3)4/h4-5,7-8,12-13H,2-3,6,9-11H2,1H3,(H,21,22,23);1H3,(H,2,3,4). The zero-order valence-electron chi connectivity index (χ0n) is 17.1. The number of fused-ring (bicyclic) bond motifs is 1. The van der Waals surface area contributed by atoms with Gasteiger partial charge in [0.25, 0.3) is 16.0 Å². The monoisotopic (exact) mass is 434 g/mol. The Labute approximate surface area is 176 Å². The maximum Gasteiger partial charge on any atom is 0.261 e. The van der Waals surface area contributed by atoms with Crippen LogP contribution in [0, 0.1) is 0 Å².